The third-order valence-corrected chi connectivity index (χ3v) is 7.61. The molecule has 0 heterocycles. The van der Waals surface area contributed by atoms with Crippen molar-refractivity contribution in [2.24, 2.45) is 0 Å². The van der Waals surface area contributed by atoms with Crippen molar-refractivity contribution in [1.82, 2.24) is 4.48 Å². The molecule has 2 aromatic carbocycles. The third kappa shape index (κ3) is 11.8. The summed E-state index contributed by atoms with van der Waals surface area (Å²) in [5.41, 5.74) is 1.90. The number of ketones is 2. The summed E-state index contributed by atoms with van der Waals surface area (Å²) >= 11 is 0. The second kappa shape index (κ2) is 18.1. The van der Waals surface area contributed by atoms with Gasteiger partial charge in [0.15, 0.2) is 0 Å². The van der Waals surface area contributed by atoms with Gasteiger partial charge in [-0.1, -0.05) is 139 Å². The number of hydrogen-bond acceptors (Lipinski definition) is 2. The minimum atomic E-state index is -0.435. The highest BCUT2D eigenvalue weighted by Gasteiger charge is 2.29. The zero-order valence-corrected chi connectivity index (χ0v) is 24.0. The summed E-state index contributed by atoms with van der Waals surface area (Å²) in [4.78, 5) is 25.9. The Morgan fingerprint density at radius 3 is 1.49 bits per heavy atom. The molecule has 0 aliphatic rings. The van der Waals surface area contributed by atoms with Gasteiger partial charge in [-0.05, 0) is 25.0 Å². The summed E-state index contributed by atoms with van der Waals surface area (Å²) in [6, 6.07) is 16.5. The maximum Gasteiger partial charge on any atom is 0.239 e. The van der Waals surface area contributed by atoms with Gasteiger partial charge >= 0.3 is 0 Å². The van der Waals surface area contributed by atoms with E-state index in [0.717, 1.165) is 18.7 Å². The van der Waals surface area contributed by atoms with Gasteiger partial charge in [-0.2, -0.15) is 0 Å². The molecule has 2 rings (SSSR count). The average molecular weight is 507 g/mol. The van der Waals surface area contributed by atoms with Crippen molar-refractivity contribution in [1.29, 1.82) is 0 Å². The fourth-order valence-corrected chi connectivity index (χ4v) is 5.21. The number of benzene rings is 2. The summed E-state index contributed by atoms with van der Waals surface area (Å²) in [6.45, 7) is 3.24. The minimum Gasteiger partial charge on any atom is -0.295 e. The molecule has 3 nitrogen and oxygen atoms in total. The molecule has 0 aliphatic carbocycles. The molecule has 0 amide bonds. The van der Waals surface area contributed by atoms with Crippen LogP contribution in [-0.4, -0.2) is 32.2 Å². The minimum absolute atomic E-state index is 0.417. The van der Waals surface area contributed by atoms with Gasteiger partial charge in [-0.15, -0.1) is 0 Å². The molecule has 0 saturated heterocycles. The Labute approximate surface area is 227 Å². The summed E-state index contributed by atoms with van der Waals surface area (Å²) in [5, 5.41) is 0. The number of quaternary nitrogens is 1. The van der Waals surface area contributed by atoms with Crippen LogP contribution in [0.25, 0.3) is 0 Å². The van der Waals surface area contributed by atoms with E-state index >= 15 is 0 Å². The third-order valence-electron chi connectivity index (χ3n) is 7.61. The molecule has 204 valence electrons. The number of unbranched alkanes of at least 4 members (excludes halogenated alkanes) is 15. The van der Waals surface area contributed by atoms with Gasteiger partial charge in [0.2, 0.25) is 11.6 Å². The van der Waals surface area contributed by atoms with E-state index in [9.17, 15) is 9.59 Å². The lowest BCUT2D eigenvalue weighted by atomic mass is 9.99. The Morgan fingerprint density at radius 1 is 0.541 bits per heavy atom. The lowest BCUT2D eigenvalue weighted by Crippen LogP contribution is -2.42. The number of hydrogen-bond donors (Lipinski definition) is 0. The number of carbonyl (C=O) groups is 2. The van der Waals surface area contributed by atoms with Crippen LogP contribution in [0.2, 0.25) is 0 Å². The van der Waals surface area contributed by atoms with E-state index in [4.69, 9.17) is 0 Å². The predicted octanol–water partition coefficient (Wildman–Crippen LogP) is 9.58. The molecule has 0 N–H and O–H groups in total. The van der Waals surface area contributed by atoms with Crippen molar-refractivity contribution in [3.05, 3.63) is 65.7 Å². The molecule has 0 bridgehead atoms. The van der Waals surface area contributed by atoms with Gasteiger partial charge in [0, 0.05) is 5.56 Å². The van der Waals surface area contributed by atoms with Crippen LogP contribution in [0.1, 0.15) is 130 Å². The standard InChI is InChI=1S/C34H52NO2/c1-4-5-6-7-8-9-10-11-12-13-14-15-16-17-18-24-29-35(2,3)32-28-23-22-27-31(32)34(37)33(36)30-25-20-19-21-26-30/h19-23,25-28H,4-18,24,29H2,1-3H3/q+1. The van der Waals surface area contributed by atoms with Crippen LogP contribution in [-0.2, 0) is 0 Å². The van der Waals surface area contributed by atoms with Gasteiger partial charge in [-0.25, -0.2) is 0 Å². The topological polar surface area (TPSA) is 34.1 Å². The van der Waals surface area contributed by atoms with Gasteiger partial charge in [0.1, 0.15) is 5.69 Å². The van der Waals surface area contributed by atoms with E-state index in [0.29, 0.717) is 15.6 Å². The number of carbonyl (C=O) groups excluding carboxylic acids is 2. The molecule has 0 spiro atoms. The fourth-order valence-electron chi connectivity index (χ4n) is 5.21. The van der Waals surface area contributed by atoms with Crippen LogP contribution in [0.4, 0.5) is 5.69 Å². The van der Waals surface area contributed by atoms with Crippen LogP contribution in [0.3, 0.4) is 0 Å². The van der Waals surface area contributed by atoms with Gasteiger partial charge in [0.05, 0.1) is 26.2 Å². The lowest BCUT2D eigenvalue weighted by Gasteiger charge is -2.31. The van der Waals surface area contributed by atoms with Crippen LogP contribution in [0.5, 0.6) is 0 Å². The zero-order chi connectivity index (χ0) is 26.8. The van der Waals surface area contributed by atoms with E-state index in [1.165, 1.54) is 96.3 Å². The zero-order valence-electron chi connectivity index (χ0n) is 24.0. The van der Waals surface area contributed by atoms with E-state index in [-0.39, 0.29) is 0 Å². The Bertz CT molecular complexity index is 903. The van der Waals surface area contributed by atoms with Crippen LogP contribution >= 0.6 is 0 Å². The van der Waals surface area contributed by atoms with Crippen molar-refractivity contribution < 1.29 is 9.59 Å². The molecule has 37 heavy (non-hydrogen) atoms. The van der Waals surface area contributed by atoms with Gasteiger partial charge in [-0.3, -0.25) is 14.1 Å². The number of rotatable bonds is 21. The molecule has 0 unspecified atom stereocenters. The van der Waals surface area contributed by atoms with Crippen molar-refractivity contribution in [3.63, 3.8) is 0 Å². The van der Waals surface area contributed by atoms with Crippen molar-refractivity contribution in [2.75, 3.05) is 20.6 Å². The predicted molar refractivity (Wildman–Crippen MR) is 160 cm³/mol. The molecule has 0 atom stereocenters. The summed E-state index contributed by atoms with van der Waals surface area (Å²) < 4.78 is 0.614. The molecule has 0 fully saturated rings. The highest BCUT2D eigenvalue weighted by Crippen LogP contribution is 2.26. The normalized spacial score (nSPS) is 11.5. The second-order valence-electron chi connectivity index (χ2n) is 11.3. The highest BCUT2D eigenvalue weighted by atomic mass is 16.2. The number of para-hydroxylation sites is 1. The van der Waals surface area contributed by atoms with Crippen molar-refractivity contribution in [2.45, 2.75) is 110 Å². The summed E-state index contributed by atoms with van der Waals surface area (Å²) in [6.07, 6.45) is 21.8. The molecule has 0 aliphatic heterocycles. The summed E-state index contributed by atoms with van der Waals surface area (Å²) in [5.74, 6) is -0.851. The van der Waals surface area contributed by atoms with Gasteiger partial charge < -0.3 is 0 Å². The first-order valence-electron chi connectivity index (χ1n) is 15.0. The quantitative estimate of drug-likeness (QED) is 0.0731. The Morgan fingerprint density at radius 2 is 0.973 bits per heavy atom. The smallest absolute Gasteiger partial charge is 0.239 e. The average Bonchev–Trinajstić information content (AvgIpc) is 2.92. The van der Waals surface area contributed by atoms with Crippen molar-refractivity contribution >= 4 is 17.3 Å². The highest BCUT2D eigenvalue weighted by molar-refractivity contribution is 6.50. The second-order valence-corrected chi connectivity index (χ2v) is 11.3. The first-order valence-corrected chi connectivity index (χ1v) is 15.0. The maximum absolute atomic E-state index is 13.1. The van der Waals surface area contributed by atoms with Crippen LogP contribution in [0, 0.1) is 0 Å². The van der Waals surface area contributed by atoms with E-state index in [1.54, 1.807) is 30.3 Å². The fraction of sp³-hybridized carbons (Fsp3) is 0.588. The van der Waals surface area contributed by atoms with E-state index in [1.807, 2.05) is 24.3 Å². The first kappa shape index (κ1) is 31.0. The van der Waals surface area contributed by atoms with Crippen LogP contribution in [0.15, 0.2) is 54.6 Å². The Balaban J connectivity index is 1.62. The monoisotopic (exact) mass is 506 g/mol. The molecular weight excluding hydrogens is 454 g/mol. The largest absolute Gasteiger partial charge is 0.295 e. The van der Waals surface area contributed by atoms with E-state index < -0.39 is 11.6 Å². The maximum atomic E-state index is 13.1. The van der Waals surface area contributed by atoms with Crippen molar-refractivity contribution in [3.8, 4) is 0 Å². The molecular formula is C34H52NO2+. The molecule has 0 aromatic heterocycles. The number of Topliss-reactive ketones (excluding diaryl/α,β-unsaturated/α-hetero) is 2. The molecule has 2 aromatic rings. The van der Waals surface area contributed by atoms with Crippen LogP contribution < -0.4 is 4.48 Å². The lowest BCUT2D eigenvalue weighted by molar-refractivity contribution is 0.0816. The molecule has 0 radical (unpaired) electrons. The molecule has 0 saturated carbocycles. The Hall–Kier alpha value is -2.26. The SMILES string of the molecule is CCCCCCCCCCCCCCCCCC[N+](C)(C)c1ccccc1C(=O)C(=O)c1ccccc1. The van der Waals surface area contributed by atoms with Gasteiger partial charge in [0.25, 0.3) is 0 Å². The Kier molecular flexibility index (Phi) is 15.1. The number of nitrogens with zero attached hydrogens (tertiary/aromatic N) is 1. The first-order chi connectivity index (χ1) is 18.0. The van der Waals surface area contributed by atoms with E-state index in [2.05, 4.69) is 21.0 Å². The summed E-state index contributed by atoms with van der Waals surface area (Å²) in [7, 11) is 4.29. The molecule has 3 heteroatoms.